The number of benzene rings is 2. The summed E-state index contributed by atoms with van der Waals surface area (Å²) in [4.78, 5) is 8.76. The molecule has 0 aliphatic rings. The summed E-state index contributed by atoms with van der Waals surface area (Å²) >= 11 is 0. The molecule has 0 fully saturated rings. The normalized spacial score (nSPS) is 11.8. The number of imidazole rings is 1. The number of aryl methyl sites for hydroxylation is 2. The van der Waals surface area contributed by atoms with Crippen LogP contribution < -0.4 is 10.6 Å². The number of guanidine groups is 1. The third kappa shape index (κ3) is 4.85. The molecule has 0 spiro atoms. The summed E-state index contributed by atoms with van der Waals surface area (Å²) in [7, 11) is 1.70. The van der Waals surface area contributed by atoms with Gasteiger partial charge in [0.1, 0.15) is 17.5 Å². The number of hydrogen-bond donors (Lipinski definition) is 2. The van der Waals surface area contributed by atoms with Gasteiger partial charge in [-0.2, -0.15) is 0 Å². The summed E-state index contributed by atoms with van der Waals surface area (Å²) in [5.41, 5.74) is 2.63. The van der Waals surface area contributed by atoms with Gasteiger partial charge in [0.15, 0.2) is 5.96 Å². The van der Waals surface area contributed by atoms with Gasteiger partial charge in [-0.1, -0.05) is 18.2 Å². The summed E-state index contributed by atoms with van der Waals surface area (Å²) in [6, 6.07) is 11.8. The first-order chi connectivity index (χ1) is 13.6. The van der Waals surface area contributed by atoms with Crippen LogP contribution in [0.5, 0.6) is 0 Å². The highest BCUT2D eigenvalue weighted by molar-refractivity contribution is 5.79. The fraction of sp³-hybridized carbons (Fsp3) is 0.333. The molecule has 0 bridgehead atoms. The molecule has 0 saturated heterocycles. The van der Waals surface area contributed by atoms with Crippen molar-refractivity contribution < 1.29 is 8.78 Å². The molecule has 0 atom stereocenters. The fourth-order valence-corrected chi connectivity index (χ4v) is 3.18. The van der Waals surface area contributed by atoms with E-state index in [2.05, 4.69) is 31.2 Å². The second-order valence-electron chi connectivity index (χ2n) is 6.56. The Kier molecular flexibility index (Phi) is 6.57. The number of fused-ring (bicyclic) bond motifs is 1. The quantitative estimate of drug-likeness (QED) is 0.372. The fourth-order valence-electron chi connectivity index (χ4n) is 3.18. The number of halogens is 2. The lowest BCUT2D eigenvalue weighted by atomic mass is 10.1. The van der Waals surface area contributed by atoms with Crippen molar-refractivity contribution in [2.75, 3.05) is 20.1 Å². The van der Waals surface area contributed by atoms with Gasteiger partial charge in [0.25, 0.3) is 0 Å². The topological polar surface area (TPSA) is 54.2 Å². The average molecular weight is 385 g/mol. The smallest absolute Gasteiger partial charge is 0.190 e. The Morgan fingerprint density at radius 2 is 1.89 bits per heavy atom. The van der Waals surface area contributed by atoms with Gasteiger partial charge in [0, 0.05) is 32.7 Å². The lowest BCUT2D eigenvalue weighted by Crippen LogP contribution is -2.39. The van der Waals surface area contributed by atoms with E-state index in [-0.39, 0.29) is 0 Å². The summed E-state index contributed by atoms with van der Waals surface area (Å²) in [5, 5.41) is 6.41. The van der Waals surface area contributed by atoms with Crippen LogP contribution in [0.25, 0.3) is 11.0 Å². The van der Waals surface area contributed by atoms with E-state index in [1.807, 2.05) is 25.1 Å². The predicted molar refractivity (Wildman–Crippen MR) is 109 cm³/mol. The molecule has 2 aromatic carbocycles. The van der Waals surface area contributed by atoms with Crippen LogP contribution >= 0.6 is 0 Å². The molecule has 0 amide bonds. The van der Waals surface area contributed by atoms with Crippen LogP contribution in [0.2, 0.25) is 0 Å². The second kappa shape index (κ2) is 9.30. The molecule has 1 heterocycles. The Morgan fingerprint density at radius 1 is 1.11 bits per heavy atom. The van der Waals surface area contributed by atoms with Gasteiger partial charge < -0.3 is 15.2 Å². The number of nitrogens with zero attached hydrogens (tertiary/aromatic N) is 3. The molecule has 0 radical (unpaired) electrons. The van der Waals surface area contributed by atoms with Crippen molar-refractivity contribution in [1.29, 1.82) is 0 Å². The highest BCUT2D eigenvalue weighted by Gasteiger charge is 2.07. The van der Waals surface area contributed by atoms with Gasteiger partial charge in [-0.05, 0) is 43.5 Å². The minimum absolute atomic E-state index is 0.451. The van der Waals surface area contributed by atoms with E-state index in [1.165, 1.54) is 12.1 Å². The first-order valence-corrected chi connectivity index (χ1v) is 9.39. The average Bonchev–Trinajstić information content (AvgIpc) is 3.00. The van der Waals surface area contributed by atoms with Gasteiger partial charge in [-0.3, -0.25) is 4.99 Å². The highest BCUT2D eigenvalue weighted by atomic mass is 19.1. The molecule has 1 aromatic heterocycles. The maximum Gasteiger partial charge on any atom is 0.190 e. The van der Waals surface area contributed by atoms with E-state index in [0.717, 1.165) is 42.4 Å². The van der Waals surface area contributed by atoms with Crippen molar-refractivity contribution in [3.05, 3.63) is 65.5 Å². The second-order valence-corrected chi connectivity index (χ2v) is 6.56. The Hall–Kier alpha value is -2.96. The minimum atomic E-state index is -0.562. The Bertz CT molecular complexity index is 965. The number of rotatable bonds is 7. The Balaban J connectivity index is 1.43. The lowest BCUT2D eigenvalue weighted by molar-refractivity contribution is 0.570. The number of nitrogens with one attached hydrogen (secondary N) is 2. The largest absolute Gasteiger partial charge is 0.356 e. The maximum atomic E-state index is 13.7. The molecular formula is C21H25F2N5. The van der Waals surface area contributed by atoms with Crippen LogP contribution in [0.15, 0.2) is 47.5 Å². The summed E-state index contributed by atoms with van der Waals surface area (Å²) in [5.74, 6) is 0.583. The van der Waals surface area contributed by atoms with E-state index in [1.54, 1.807) is 7.05 Å². The molecule has 148 valence electrons. The Labute approximate surface area is 163 Å². The molecule has 5 nitrogen and oxygen atoms in total. The highest BCUT2D eigenvalue weighted by Crippen LogP contribution is 2.15. The molecule has 0 aliphatic heterocycles. The zero-order valence-electron chi connectivity index (χ0n) is 16.2. The van der Waals surface area contributed by atoms with Crippen LogP contribution in [0.1, 0.15) is 17.8 Å². The van der Waals surface area contributed by atoms with Crippen LogP contribution in [0, 0.1) is 18.6 Å². The van der Waals surface area contributed by atoms with Crippen molar-refractivity contribution in [3.8, 4) is 0 Å². The number of aromatic nitrogens is 2. The van der Waals surface area contributed by atoms with E-state index in [9.17, 15) is 8.78 Å². The van der Waals surface area contributed by atoms with Crippen LogP contribution in [-0.4, -0.2) is 35.6 Å². The summed E-state index contributed by atoms with van der Waals surface area (Å²) in [6.45, 7) is 4.13. The third-order valence-corrected chi connectivity index (χ3v) is 4.62. The van der Waals surface area contributed by atoms with Crippen molar-refractivity contribution in [2.24, 2.45) is 4.99 Å². The molecule has 3 aromatic rings. The predicted octanol–water partition coefficient (Wildman–Crippen LogP) is 3.42. The monoisotopic (exact) mass is 385 g/mol. The number of para-hydroxylation sites is 2. The summed E-state index contributed by atoms with van der Waals surface area (Å²) in [6.07, 6.45) is 1.36. The van der Waals surface area contributed by atoms with Crippen molar-refractivity contribution in [2.45, 2.75) is 26.3 Å². The van der Waals surface area contributed by atoms with Crippen molar-refractivity contribution >= 4 is 17.0 Å². The molecule has 2 N–H and O–H groups in total. The van der Waals surface area contributed by atoms with Gasteiger partial charge in [0.05, 0.1) is 11.0 Å². The first kappa shape index (κ1) is 19.8. The van der Waals surface area contributed by atoms with E-state index in [4.69, 9.17) is 0 Å². The van der Waals surface area contributed by atoms with Crippen molar-refractivity contribution in [1.82, 2.24) is 20.2 Å². The van der Waals surface area contributed by atoms with E-state index in [0.29, 0.717) is 24.5 Å². The number of aliphatic imine (C=N–C) groups is 1. The van der Waals surface area contributed by atoms with Gasteiger partial charge >= 0.3 is 0 Å². The van der Waals surface area contributed by atoms with Crippen LogP contribution in [-0.2, 0) is 13.0 Å². The van der Waals surface area contributed by atoms with Crippen LogP contribution in [0.4, 0.5) is 8.78 Å². The molecule has 7 heteroatoms. The van der Waals surface area contributed by atoms with Gasteiger partial charge in [0.2, 0.25) is 0 Å². The zero-order valence-corrected chi connectivity index (χ0v) is 16.2. The summed E-state index contributed by atoms with van der Waals surface area (Å²) < 4.78 is 28.8. The van der Waals surface area contributed by atoms with Crippen LogP contribution in [0.3, 0.4) is 0 Å². The molecule has 0 aliphatic carbocycles. The lowest BCUT2D eigenvalue weighted by Gasteiger charge is -2.13. The standard InChI is InChI=1S/C21H25F2N5/c1-15-27-19-6-3-4-7-20(19)28(15)13-5-11-25-21(24-2)26-12-10-16-8-9-17(22)14-18(16)23/h3-4,6-9,14H,5,10-13H2,1-2H3,(H2,24,25,26). The zero-order chi connectivity index (χ0) is 19.9. The van der Waals surface area contributed by atoms with Crippen molar-refractivity contribution in [3.63, 3.8) is 0 Å². The molecule has 0 saturated carbocycles. The molecule has 28 heavy (non-hydrogen) atoms. The minimum Gasteiger partial charge on any atom is -0.356 e. The maximum absolute atomic E-state index is 13.7. The van der Waals surface area contributed by atoms with Gasteiger partial charge in [-0.15, -0.1) is 0 Å². The van der Waals surface area contributed by atoms with E-state index < -0.39 is 11.6 Å². The molecule has 0 unspecified atom stereocenters. The van der Waals surface area contributed by atoms with E-state index >= 15 is 0 Å². The number of hydrogen-bond acceptors (Lipinski definition) is 2. The SMILES string of the molecule is CN=C(NCCCn1c(C)nc2ccccc21)NCCc1ccc(F)cc1F. The molecular weight excluding hydrogens is 360 g/mol. The Morgan fingerprint density at radius 3 is 2.68 bits per heavy atom. The third-order valence-electron chi connectivity index (χ3n) is 4.62. The van der Waals surface area contributed by atoms with Gasteiger partial charge in [-0.25, -0.2) is 13.8 Å². The first-order valence-electron chi connectivity index (χ1n) is 9.39. The molecule has 3 rings (SSSR count).